The number of carbonyl (C=O) groups is 1. The summed E-state index contributed by atoms with van der Waals surface area (Å²) in [6.07, 6.45) is 0. The van der Waals surface area contributed by atoms with Crippen LogP contribution in [0.4, 0.5) is 0 Å². The van der Waals surface area contributed by atoms with E-state index in [-0.39, 0.29) is 0 Å². The van der Waals surface area contributed by atoms with E-state index < -0.39 is 12.0 Å². The van der Waals surface area contributed by atoms with Crippen LogP contribution in [0.2, 0.25) is 0 Å². The molecule has 0 saturated carbocycles. The fraction of sp³-hybridized carbons (Fsp3) is 0.154. The third-order valence-corrected chi connectivity index (χ3v) is 4.23. The first-order chi connectivity index (χ1) is 8.66. The highest BCUT2D eigenvalue weighted by molar-refractivity contribution is 9.10. The number of nitrogens with one attached hydrogen (secondary N) is 1. The zero-order valence-electron chi connectivity index (χ0n) is 9.47. The Hall–Kier alpha value is -1.17. The molecule has 0 saturated heterocycles. The van der Waals surface area contributed by atoms with E-state index in [1.165, 1.54) is 11.3 Å². The first kappa shape index (κ1) is 13.3. The van der Waals surface area contributed by atoms with Gasteiger partial charge in [0.2, 0.25) is 0 Å². The summed E-state index contributed by atoms with van der Waals surface area (Å²) in [5.74, 6) is -0.861. The lowest BCUT2D eigenvalue weighted by molar-refractivity contribution is -0.139. The zero-order valence-corrected chi connectivity index (χ0v) is 11.9. The summed E-state index contributed by atoms with van der Waals surface area (Å²) in [7, 11) is 0. The van der Waals surface area contributed by atoms with Crippen molar-refractivity contribution in [2.24, 2.45) is 0 Å². The molecule has 1 aromatic carbocycles. The highest BCUT2D eigenvalue weighted by atomic mass is 79.9. The summed E-state index contributed by atoms with van der Waals surface area (Å²) in [5, 5.41) is 14.2. The van der Waals surface area contributed by atoms with Crippen LogP contribution in [0.1, 0.15) is 16.5 Å². The monoisotopic (exact) mass is 325 g/mol. The van der Waals surface area contributed by atoms with Crippen LogP contribution < -0.4 is 5.32 Å². The summed E-state index contributed by atoms with van der Waals surface area (Å²) in [6.45, 7) is 0.535. The Kier molecular flexibility index (Phi) is 4.52. The van der Waals surface area contributed by atoms with Gasteiger partial charge >= 0.3 is 5.97 Å². The van der Waals surface area contributed by atoms with Crippen molar-refractivity contribution >= 4 is 33.2 Å². The van der Waals surface area contributed by atoms with Crippen molar-refractivity contribution in [3.63, 3.8) is 0 Å². The number of aliphatic carboxylic acids is 1. The molecule has 0 amide bonds. The van der Waals surface area contributed by atoms with Crippen molar-refractivity contribution in [3.05, 3.63) is 56.7 Å². The first-order valence-corrected chi connectivity index (χ1v) is 7.08. The fourth-order valence-electron chi connectivity index (χ4n) is 1.61. The van der Waals surface area contributed by atoms with Crippen molar-refractivity contribution in [1.29, 1.82) is 0 Å². The molecule has 0 spiro atoms. The summed E-state index contributed by atoms with van der Waals surface area (Å²) >= 11 is 4.77. The van der Waals surface area contributed by atoms with Crippen molar-refractivity contribution in [3.8, 4) is 0 Å². The second-order valence-corrected chi connectivity index (χ2v) is 5.66. The Morgan fingerprint density at radius 1 is 1.39 bits per heavy atom. The van der Waals surface area contributed by atoms with Crippen molar-refractivity contribution in [2.75, 3.05) is 0 Å². The van der Waals surface area contributed by atoms with Gasteiger partial charge in [0.25, 0.3) is 0 Å². The van der Waals surface area contributed by atoms with Crippen molar-refractivity contribution in [1.82, 2.24) is 5.32 Å². The number of carboxylic acids is 1. The maximum atomic E-state index is 11.3. The molecular weight excluding hydrogens is 314 g/mol. The number of benzene rings is 1. The smallest absolute Gasteiger partial charge is 0.326 e. The molecule has 0 radical (unpaired) electrons. The summed E-state index contributed by atoms with van der Waals surface area (Å²) < 4.78 is 0.912. The SMILES string of the molecule is O=C(O)C(NCc1ccccc1)c1cc(Br)cs1. The van der Waals surface area contributed by atoms with Crippen LogP contribution >= 0.6 is 27.3 Å². The predicted octanol–water partition coefficient (Wildman–Crippen LogP) is 3.43. The Morgan fingerprint density at radius 3 is 2.67 bits per heavy atom. The van der Waals surface area contributed by atoms with Crippen LogP contribution in [0.15, 0.2) is 46.3 Å². The number of rotatable bonds is 5. The number of carboxylic acid groups (broad SMARTS) is 1. The van der Waals surface area contributed by atoms with Crippen LogP contribution in [0.3, 0.4) is 0 Å². The van der Waals surface area contributed by atoms with E-state index in [1.807, 2.05) is 41.8 Å². The van der Waals surface area contributed by atoms with Gasteiger partial charge in [0.05, 0.1) is 0 Å². The van der Waals surface area contributed by atoms with E-state index >= 15 is 0 Å². The van der Waals surface area contributed by atoms with E-state index in [4.69, 9.17) is 0 Å². The van der Waals surface area contributed by atoms with Crippen LogP contribution in [0.5, 0.6) is 0 Å². The molecule has 0 aliphatic heterocycles. The number of hydrogen-bond acceptors (Lipinski definition) is 3. The number of thiophene rings is 1. The number of hydrogen-bond donors (Lipinski definition) is 2. The lowest BCUT2D eigenvalue weighted by atomic mass is 10.2. The van der Waals surface area contributed by atoms with Gasteiger partial charge in [-0.15, -0.1) is 11.3 Å². The molecule has 5 heteroatoms. The number of halogens is 1. The van der Waals surface area contributed by atoms with E-state index in [0.717, 1.165) is 14.9 Å². The van der Waals surface area contributed by atoms with Gasteiger partial charge in [0.1, 0.15) is 6.04 Å². The third-order valence-electron chi connectivity index (χ3n) is 2.47. The Labute approximate surface area is 118 Å². The predicted molar refractivity (Wildman–Crippen MR) is 75.7 cm³/mol. The normalized spacial score (nSPS) is 12.3. The highest BCUT2D eigenvalue weighted by Crippen LogP contribution is 2.26. The Morgan fingerprint density at radius 2 is 2.11 bits per heavy atom. The fourth-order valence-corrected chi connectivity index (χ4v) is 3.12. The standard InChI is InChI=1S/C13H12BrNO2S/c14-10-6-11(18-8-10)12(13(16)17)15-7-9-4-2-1-3-5-9/h1-6,8,12,15H,7H2,(H,16,17). The molecule has 94 valence electrons. The van der Waals surface area contributed by atoms with Crippen LogP contribution in [-0.4, -0.2) is 11.1 Å². The van der Waals surface area contributed by atoms with Gasteiger partial charge in [-0.3, -0.25) is 10.1 Å². The molecule has 1 aromatic heterocycles. The average Bonchev–Trinajstić information content (AvgIpc) is 2.77. The van der Waals surface area contributed by atoms with Crippen molar-refractivity contribution in [2.45, 2.75) is 12.6 Å². The maximum Gasteiger partial charge on any atom is 0.326 e. The van der Waals surface area contributed by atoms with E-state index in [0.29, 0.717) is 6.54 Å². The first-order valence-electron chi connectivity index (χ1n) is 5.41. The molecule has 3 nitrogen and oxygen atoms in total. The van der Waals surface area contributed by atoms with Gasteiger partial charge in [-0.2, -0.15) is 0 Å². The molecule has 0 aliphatic rings. The topological polar surface area (TPSA) is 49.3 Å². The van der Waals surface area contributed by atoms with E-state index in [2.05, 4.69) is 21.2 Å². The molecule has 2 N–H and O–H groups in total. The second-order valence-electron chi connectivity index (χ2n) is 3.81. The molecular formula is C13H12BrNO2S. The Balaban J connectivity index is 2.06. The van der Waals surface area contributed by atoms with Gasteiger partial charge < -0.3 is 5.11 Å². The molecule has 1 atom stereocenters. The minimum absolute atomic E-state index is 0.535. The van der Waals surface area contributed by atoms with E-state index in [1.54, 1.807) is 0 Å². The van der Waals surface area contributed by atoms with Crippen LogP contribution in [0.25, 0.3) is 0 Å². The summed E-state index contributed by atoms with van der Waals surface area (Å²) in [4.78, 5) is 12.1. The van der Waals surface area contributed by atoms with E-state index in [9.17, 15) is 9.90 Å². The minimum atomic E-state index is -0.861. The average molecular weight is 326 g/mol. The minimum Gasteiger partial charge on any atom is -0.480 e. The molecule has 0 aliphatic carbocycles. The van der Waals surface area contributed by atoms with Crippen molar-refractivity contribution < 1.29 is 9.90 Å². The molecule has 0 fully saturated rings. The zero-order chi connectivity index (χ0) is 13.0. The van der Waals surface area contributed by atoms with Crippen LogP contribution in [0, 0.1) is 0 Å². The largest absolute Gasteiger partial charge is 0.480 e. The molecule has 1 heterocycles. The van der Waals surface area contributed by atoms with Gasteiger partial charge in [-0.25, -0.2) is 0 Å². The molecule has 2 aromatic rings. The van der Waals surface area contributed by atoms with Crippen LogP contribution in [-0.2, 0) is 11.3 Å². The van der Waals surface area contributed by atoms with Gasteiger partial charge in [0.15, 0.2) is 0 Å². The maximum absolute atomic E-state index is 11.3. The van der Waals surface area contributed by atoms with Gasteiger partial charge in [-0.1, -0.05) is 30.3 Å². The highest BCUT2D eigenvalue weighted by Gasteiger charge is 2.20. The quantitative estimate of drug-likeness (QED) is 0.885. The molecule has 1 unspecified atom stereocenters. The summed E-state index contributed by atoms with van der Waals surface area (Å²) in [5.41, 5.74) is 1.07. The summed E-state index contributed by atoms with van der Waals surface area (Å²) in [6, 6.07) is 10.9. The van der Waals surface area contributed by atoms with Gasteiger partial charge in [-0.05, 0) is 27.6 Å². The Bertz CT molecular complexity index is 527. The molecule has 18 heavy (non-hydrogen) atoms. The lowest BCUT2D eigenvalue weighted by Gasteiger charge is -2.12. The molecule has 2 rings (SSSR count). The second kappa shape index (κ2) is 6.13. The third kappa shape index (κ3) is 3.41. The van der Waals surface area contributed by atoms with Gasteiger partial charge in [0, 0.05) is 21.3 Å². The lowest BCUT2D eigenvalue weighted by Crippen LogP contribution is -2.27. The molecule has 0 bridgehead atoms.